The summed E-state index contributed by atoms with van der Waals surface area (Å²) in [4.78, 5) is 7.62. The number of halogens is 1. The van der Waals surface area contributed by atoms with Gasteiger partial charge >= 0.3 is 0 Å². The van der Waals surface area contributed by atoms with Crippen LogP contribution >= 0.6 is 0 Å². The second-order valence-corrected chi connectivity index (χ2v) is 6.04. The maximum Gasteiger partial charge on any atom is 0.265 e. The van der Waals surface area contributed by atoms with Crippen LogP contribution in [0.4, 0.5) is 16.0 Å². The molecule has 1 aromatic carbocycles. The van der Waals surface area contributed by atoms with E-state index in [1.807, 2.05) is 6.92 Å². The summed E-state index contributed by atoms with van der Waals surface area (Å²) in [5, 5.41) is 2.85. The van der Waals surface area contributed by atoms with Crippen molar-refractivity contribution in [3.63, 3.8) is 0 Å². The molecule has 1 heterocycles. The molecule has 6 nitrogen and oxygen atoms in total. The molecule has 2 rings (SSSR count). The summed E-state index contributed by atoms with van der Waals surface area (Å²) in [6.45, 7) is 4.21. The summed E-state index contributed by atoms with van der Waals surface area (Å²) < 4.78 is 40.1. The molecular weight excluding hydrogens is 295 g/mol. The third-order valence-corrected chi connectivity index (χ3v) is 3.96. The Morgan fingerprint density at radius 1 is 1.24 bits per heavy atom. The molecule has 0 amide bonds. The Morgan fingerprint density at radius 3 is 2.48 bits per heavy atom. The van der Waals surface area contributed by atoms with Gasteiger partial charge in [-0.05, 0) is 31.5 Å². The first-order chi connectivity index (χ1) is 9.92. The van der Waals surface area contributed by atoms with Crippen LogP contribution in [0.25, 0.3) is 0 Å². The molecule has 0 unspecified atom stereocenters. The first-order valence-corrected chi connectivity index (χ1v) is 7.75. The first-order valence-electron chi connectivity index (χ1n) is 6.27. The summed E-state index contributed by atoms with van der Waals surface area (Å²) in [5.74, 6) is -0.304. The molecule has 0 aliphatic rings. The molecule has 2 N–H and O–H groups in total. The van der Waals surface area contributed by atoms with Gasteiger partial charge in [-0.2, -0.15) is 0 Å². The van der Waals surface area contributed by atoms with Gasteiger partial charge in [0.2, 0.25) is 5.95 Å². The molecule has 0 saturated carbocycles. The van der Waals surface area contributed by atoms with Gasteiger partial charge in [0.05, 0.1) is 18.1 Å². The lowest BCUT2D eigenvalue weighted by Crippen LogP contribution is -2.15. The molecule has 0 atom stereocenters. The smallest absolute Gasteiger partial charge is 0.265 e. The second kappa shape index (κ2) is 6.04. The molecule has 8 heteroatoms. The molecule has 0 fully saturated rings. The molecule has 0 spiro atoms. The zero-order chi connectivity index (χ0) is 15.5. The van der Waals surface area contributed by atoms with E-state index < -0.39 is 15.8 Å². The van der Waals surface area contributed by atoms with Gasteiger partial charge in [0.1, 0.15) is 10.7 Å². The van der Waals surface area contributed by atoms with Crippen LogP contribution in [0.5, 0.6) is 0 Å². The fraction of sp³-hybridized carbons (Fsp3) is 0.231. The van der Waals surface area contributed by atoms with Crippen LogP contribution in [0.3, 0.4) is 0 Å². The maximum atomic E-state index is 13.7. The van der Waals surface area contributed by atoms with Crippen molar-refractivity contribution < 1.29 is 12.8 Å². The number of rotatable bonds is 5. The van der Waals surface area contributed by atoms with Crippen LogP contribution in [0, 0.1) is 12.7 Å². The highest BCUT2D eigenvalue weighted by atomic mass is 32.2. The number of hydrogen-bond donors (Lipinski definition) is 2. The van der Waals surface area contributed by atoms with Crippen molar-refractivity contribution in [2.45, 2.75) is 18.7 Å². The number of benzene rings is 1. The fourth-order valence-electron chi connectivity index (χ4n) is 1.61. The highest BCUT2D eigenvalue weighted by Gasteiger charge is 2.17. The van der Waals surface area contributed by atoms with Crippen molar-refractivity contribution in [2.75, 3.05) is 16.6 Å². The van der Waals surface area contributed by atoms with Crippen LogP contribution < -0.4 is 10.0 Å². The number of anilines is 2. The quantitative estimate of drug-likeness (QED) is 0.884. The van der Waals surface area contributed by atoms with E-state index in [0.29, 0.717) is 18.1 Å². The number of hydrogen-bond acceptors (Lipinski definition) is 5. The van der Waals surface area contributed by atoms with Gasteiger partial charge in [0.25, 0.3) is 10.0 Å². The SMILES string of the molecule is CCNc1ncc(S(=O)(=O)Nc2ccc(C)cc2F)cn1. The predicted molar refractivity (Wildman–Crippen MR) is 78.1 cm³/mol. The monoisotopic (exact) mass is 310 g/mol. The molecule has 2 aromatic rings. The molecule has 0 saturated heterocycles. The molecular formula is C13H15FN4O2S. The Balaban J connectivity index is 2.25. The van der Waals surface area contributed by atoms with Gasteiger partial charge in [-0.1, -0.05) is 6.07 Å². The predicted octanol–water partition coefficient (Wildman–Crippen LogP) is 2.16. The van der Waals surface area contributed by atoms with E-state index in [-0.39, 0.29) is 10.6 Å². The van der Waals surface area contributed by atoms with E-state index in [0.717, 1.165) is 0 Å². The van der Waals surface area contributed by atoms with Crippen molar-refractivity contribution in [1.29, 1.82) is 0 Å². The van der Waals surface area contributed by atoms with Crippen molar-refractivity contribution in [2.24, 2.45) is 0 Å². The third kappa shape index (κ3) is 3.66. The van der Waals surface area contributed by atoms with Crippen LogP contribution in [0.2, 0.25) is 0 Å². The fourth-order valence-corrected chi connectivity index (χ4v) is 2.57. The van der Waals surface area contributed by atoms with Gasteiger partial charge in [0, 0.05) is 6.54 Å². The third-order valence-electron chi connectivity index (χ3n) is 2.64. The molecule has 0 radical (unpaired) electrons. The van der Waals surface area contributed by atoms with Crippen molar-refractivity contribution >= 4 is 21.7 Å². The van der Waals surface area contributed by atoms with Crippen LogP contribution in [-0.4, -0.2) is 24.9 Å². The van der Waals surface area contributed by atoms with Crippen molar-refractivity contribution in [3.8, 4) is 0 Å². The topological polar surface area (TPSA) is 84.0 Å². The molecule has 21 heavy (non-hydrogen) atoms. The van der Waals surface area contributed by atoms with Gasteiger partial charge in [-0.25, -0.2) is 22.8 Å². The molecule has 0 aliphatic carbocycles. The highest BCUT2D eigenvalue weighted by molar-refractivity contribution is 7.92. The summed E-state index contributed by atoms with van der Waals surface area (Å²) in [5.41, 5.74) is 0.588. The van der Waals surface area contributed by atoms with Crippen LogP contribution in [0.1, 0.15) is 12.5 Å². The lowest BCUT2D eigenvalue weighted by atomic mass is 10.2. The summed E-state index contributed by atoms with van der Waals surface area (Å²) in [6, 6.07) is 4.24. The van der Waals surface area contributed by atoms with Gasteiger partial charge in [-0.3, -0.25) is 4.72 Å². The summed E-state index contributed by atoms with van der Waals surface area (Å²) in [6.07, 6.45) is 2.33. The minimum Gasteiger partial charge on any atom is -0.355 e. The van der Waals surface area contributed by atoms with Crippen molar-refractivity contribution in [1.82, 2.24) is 9.97 Å². The standard InChI is InChI=1S/C13H15FN4O2S/c1-3-15-13-16-7-10(8-17-13)21(19,20)18-12-5-4-9(2)6-11(12)14/h4-8,18H,3H2,1-2H3,(H,15,16,17). The number of aromatic nitrogens is 2. The highest BCUT2D eigenvalue weighted by Crippen LogP contribution is 2.19. The van der Waals surface area contributed by atoms with E-state index >= 15 is 0 Å². The molecule has 0 aliphatic heterocycles. The molecule has 1 aromatic heterocycles. The zero-order valence-corrected chi connectivity index (χ0v) is 12.4. The van der Waals surface area contributed by atoms with E-state index in [1.165, 1.54) is 24.5 Å². The number of nitrogens with one attached hydrogen (secondary N) is 2. The van der Waals surface area contributed by atoms with Gasteiger partial charge in [-0.15, -0.1) is 0 Å². The largest absolute Gasteiger partial charge is 0.355 e. The van der Waals surface area contributed by atoms with E-state index in [9.17, 15) is 12.8 Å². The number of nitrogens with zero attached hydrogens (tertiary/aromatic N) is 2. The lowest BCUT2D eigenvalue weighted by Gasteiger charge is -2.09. The van der Waals surface area contributed by atoms with Crippen LogP contribution in [-0.2, 0) is 10.0 Å². The van der Waals surface area contributed by atoms with Crippen molar-refractivity contribution in [3.05, 3.63) is 42.0 Å². The molecule has 112 valence electrons. The number of aryl methyl sites for hydroxylation is 1. The van der Waals surface area contributed by atoms with Gasteiger partial charge in [0.15, 0.2) is 0 Å². The van der Waals surface area contributed by atoms with E-state index in [2.05, 4.69) is 20.0 Å². The minimum atomic E-state index is -3.92. The Bertz CT molecular complexity index is 732. The Morgan fingerprint density at radius 2 is 1.90 bits per heavy atom. The Kier molecular flexibility index (Phi) is 4.37. The van der Waals surface area contributed by atoms with Crippen LogP contribution in [0.15, 0.2) is 35.5 Å². The Hall–Kier alpha value is -2.22. The first kappa shape index (κ1) is 15.2. The number of sulfonamides is 1. The minimum absolute atomic E-state index is 0.114. The average Bonchev–Trinajstić information content (AvgIpc) is 2.43. The summed E-state index contributed by atoms with van der Waals surface area (Å²) in [7, 11) is -3.92. The van der Waals surface area contributed by atoms with E-state index in [1.54, 1.807) is 13.0 Å². The zero-order valence-electron chi connectivity index (χ0n) is 11.6. The van der Waals surface area contributed by atoms with Gasteiger partial charge < -0.3 is 5.32 Å². The average molecular weight is 310 g/mol. The normalized spacial score (nSPS) is 11.2. The second-order valence-electron chi connectivity index (χ2n) is 4.36. The van der Waals surface area contributed by atoms with E-state index in [4.69, 9.17) is 0 Å². The summed E-state index contributed by atoms with van der Waals surface area (Å²) >= 11 is 0. The maximum absolute atomic E-state index is 13.7. The molecule has 0 bridgehead atoms. The Labute approximate surface area is 122 Å². The lowest BCUT2D eigenvalue weighted by molar-refractivity contribution is 0.597.